The molecule has 4 rings (SSSR count). The fourth-order valence-corrected chi connectivity index (χ4v) is 6.61. The highest BCUT2D eigenvalue weighted by Crippen LogP contribution is 2.30. The number of carbonyl (C=O) groups excluding carboxylic acids is 3. The maximum absolute atomic E-state index is 12.9. The van der Waals surface area contributed by atoms with Gasteiger partial charge in [0.05, 0.1) is 35.7 Å². The van der Waals surface area contributed by atoms with Gasteiger partial charge >= 0.3 is 5.97 Å². The fraction of sp³-hybridized carbons (Fsp3) is 0.441. The zero-order valence-corrected chi connectivity index (χ0v) is 29.6. The number of anilines is 5. The van der Waals surface area contributed by atoms with Crippen molar-refractivity contribution >= 4 is 68.1 Å². The summed E-state index contributed by atoms with van der Waals surface area (Å²) in [5.41, 5.74) is 1.64. The largest absolute Gasteiger partial charge is 0.469 e. The molecule has 1 aliphatic heterocycles. The molecule has 0 atom stereocenters. The third-order valence-electron chi connectivity index (χ3n) is 8.15. The van der Waals surface area contributed by atoms with Crippen molar-refractivity contribution < 1.29 is 27.5 Å². The summed E-state index contributed by atoms with van der Waals surface area (Å²) in [5.74, 6) is 0.0944. The van der Waals surface area contributed by atoms with Crippen LogP contribution >= 0.6 is 11.6 Å². The van der Waals surface area contributed by atoms with Crippen molar-refractivity contribution in [3.8, 4) is 0 Å². The summed E-state index contributed by atoms with van der Waals surface area (Å²) in [6.45, 7) is 5.38. The molecule has 264 valence electrons. The number of likely N-dealkylation sites (tertiary alicyclic amines) is 1. The Bertz CT molecular complexity index is 1700. The van der Waals surface area contributed by atoms with Crippen molar-refractivity contribution in [1.82, 2.24) is 20.2 Å². The van der Waals surface area contributed by atoms with E-state index in [1.54, 1.807) is 56.3 Å². The molecule has 15 heteroatoms. The number of esters is 1. The van der Waals surface area contributed by atoms with Crippen LogP contribution < -0.4 is 21.3 Å². The number of ether oxygens (including phenoxy) is 1. The standard InChI is InChI=1S/C34H44ClN7O6S/c1-23(2)49(46,47)29-10-7-6-9-28(29)40-32-27(35)21-37-34(41-32)39-26-14-12-25(13-15-26)38-30(43)22-42-19-16-24(17-20-42)33(45)36-18-8-4-5-11-31(44)48-3/h6-7,9-10,12-15,21,23-24H,4-5,8,11,16-20,22H2,1-3H3,(H,36,45)(H,38,43)(H2,37,39,40,41). The van der Waals surface area contributed by atoms with Crippen molar-refractivity contribution in [1.29, 1.82) is 0 Å². The van der Waals surface area contributed by atoms with E-state index in [1.807, 2.05) is 4.90 Å². The lowest BCUT2D eigenvalue weighted by molar-refractivity contribution is -0.140. The molecular formula is C34H44ClN7O6S. The third kappa shape index (κ3) is 11.1. The first kappa shape index (κ1) is 37.5. The molecule has 0 saturated carbocycles. The third-order valence-corrected chi connectivity index (χ3v) is 10.6. The van der Waals surface area contributed by atoms with Gasteiger partial charge in [0.25, 0.3) is 0 Å². The molecule has 2 heterocycles. The summed E-state index contributed by atoms with van der Waals surface area (Å²) in [7, 11) is -2.18. The summed E-state index contributed by atoms with van der Waals surface area (Å²) in [4.78, 5) is 47.3. The van der Waals surface area contributed by atoms with Crippen molar-refractivity contribution in [2.75, 3.05) is 49.2 Å². The van der Waals surface area contributed by atoms with E-state index in [0.29, 0.717) is 56.0 Å². The second kappa shape index (κ2) is 17.9. The highest BCUT2D eigenvalue weighted by molar-refractivity contribution is 7.92. The minimum atomic E-state index is -3.56. The summed E-state index contributed by atoms with van der Waals surface area (Å²) in [6.07, 6.45) is 5.60. The fourth-order valence-electron chi connectivity index (χ4n) is 5.27. The highest BCUT2D eigenvalue weighted by atomic mass is 35.5. The number of methoxy groups -OCH3 is 1. The lowest BCUT2D eigenvalue weighted by Gasteiger charge is -2.30. The molecule has 0 bridgehead atoms. The van der Waals surface area contributed by atoms with Crippen LogP contribution in [0.3, 0.4) is 0 Å². The number of unbranched alkanes of at least 4 members (excludes halogenated alkanes) is 2. The molecular weight excluding hydrogens is 670 g/mol. The van der Waals surface area contributed by atoms with Gasteiger partial charge in [-0.15, -0.1) is 0 Å². The Morgan fingerprint density at radius 2 is 1.67 bits per heavy atom. The Morgan fingerprint density at radius 1 is 0.980 bits per heavy atom. The lowest BCUT2D eigenvalue weighted by Crippen LogP contribution is -2.43. The maximum atomic E-state index is 12.9. The van der Waals surface area contributed by atoms with Crippen LogP contribution in [0, 0.1) is 5.92 Å². The lowest BCUT2D eigenvalue weighted by atomic mass is 9.96. The molecule has 13 nitrogen and oxygen atoms in total. The first-order valence-corrected chi connectivity index (χ1v) is 18.2. The van der Waals surface area contributed by atoms with E-state index >= 15 is 0 Å². The topological polar surface area (TPSA) is 172 Å². The Hall–Kier alpha value is -4.27. The molecule has 2 aromatic carbocycles. The predicted molar refractivity (Wildman–Crippen MR) is 190 cm³/mol. The van der Waals surface area contributed by atoms with Crippen molar-refractivity contribution in [3.63, 3.8) is 0 Å². The summed E-state index contributed by atoms with van der Waals surface area (Å²) >= 11 is 6.34. The van der Waals surface area contributed by atoms with E-state index in [-0.39, 0.29) is 51.9 Å². The molecule has 2 amide bonds. The molecule has 1 aliphatic rings. The van der Waals surface area contributed by atoms with Crippen molar-refractivity contribution in [2.45, 2.75) is 62.5 Å². The van der Waals surface area contributed by atoms with Gasteiger partial charge in [0.15, 0.2) is 15.7 Å². The van der Waals surface area contributed by atoms with Gasteiger partial charge in [0.2, 0.25) is 17.8 Å². The van der Waals surface area contributed by atoms with E-state index in [9.17, 15) is 22.8 Å². The van der Waals surface area contributed by atoms with Gasteiger partial charge in [0.1, 0.15) is 5.02 Å². The number of piperidine rings is 1. The summed E-state index contributed by atoms with van der Waals surface area (Å²) in [5, 5.41) is 11.6. The second-order valence-electron chi connectivity index (χ2n) is 12.1. The van der Waals surface area contributed by atoms with Gasteiger partial charge in [-0.05, 0) is 89.0 Å². The van der Waals surface area contributed by atoms with Crippen LogP contribution in [0.5, 0.6) is 0 Å². The predicted octanol–water partition coefficient (Wildman–Crippen LogP) is 5.30. The Morgan fingerprint density at radius 3 is 2.37 bits per heavy atom. The molecule has 4 N–H and O–H groups in total. The minimum absolute atomic E-state index is 0.0460. The number of hydrogen-bond donors (Lipinski definition) is 4. The number of para-hydroxylation sites is 1. The highest BCUT2D eigenvalue weighted by Gasteiger charge is 2.26. The first-order chi connectivity index (χ1) is 23.5. The van der Waals surface area contributed by atoms with Crippen molar-refractivity contribution in [2.24, 2.45) is 5.92 Å². The maximum Gasteiger partial charge on any atom is 0.305 e. The van der Waals surface area contributed by atoms with E-state index in [0.717, 1.165) is 19.3 Å². The average Bonchev–Trinajstić information content (AvgIpc) is 3.08. The molecule has 1 fully saturated rings. The van der Waals surface area contributed by atoms with E-state index in [2.05, 4.69) is 36.0 Å². The molecule has 0 unspecified atom stereocenters. The zero-order chi connectivity index (χ0) is 35.4. The van der Waals surface area contributed by atoms with Crippen LogP contribution in [0.25, 0.3) is 0 Å². The van der Waals surface area contributed by atoms with Crippen LogP contribution in [-0.2, 0) is 29.0 Å². The zero-order valence-electron chi connectivity index (χ0n) is 28.0. The smallest absolute Gasteiger partial charge is 0.305 e. The van der Waals surface area contributed by atoms with E-state index < -0.39 is 15.1 Å². The molecule has 0 aliphatic carbocycles. The number of sulfone groups is 1. The summed E-state index contributed by atoms with van der Waals surface area (Å²) in [6, 6.07) is 13.6. The van der Waals surface area contributed by atoms with Crippen molar-refractivity contribution in [3.05, 3.63) is 59.8 Å². The average molecular weight is 714 g/mol. The first-order valence-electron chi connectivity index (χ1n) is 16.3. The number of hydrogen-bond acceptors (Lipinski definition) is 11. The van der Waals surface area contributed by atoms with Crippen LogP contribution in [0.4, 0.5) is 28.8 Å². The Labute approximate surface area is 292 Å². The van der Waals surface area contributed by atoms with Crippen LogP contribution in [-0.4, -0.2) is 79.6 Å². The minimum Gasteiger partial charge on any atom is -0.469 e. The quantitative estimate of drug-likeness (QED) is 0.112. The SMILES string of the molecule is COC(=O)CCCCCNC(=O)C1CCN(CC(=O)Nc2ccc(Nc3ncc(Cl)c(Nc4ccccc4S(=O)(=O)C(C)C)n3)cc2)CC1. The number of halogens is 1. The Kier molecular flexibility index (Phi) is 13.7. The number of nitrogens with one attached hydrogen (secondary N) is 4. The van der Waals surface area contributed by atoms with Gasteiger partial charge < -0.3 is 26.0 Å². The van der Waals surface area contributed by atoms with Gasteiger partial charge in [0, 0.05) is 30.3 Å². The van der Waals surface area contributed by atoms with Gasteiger partial charge in [-0.2, -0.15) is 4.98 Å². The Balaban J connectivity index is 1.22. The molecule has 0 radical (unpaired) electrons. The van der Waals surface area contributed by atoms with Crippen LogP contribution in [0.1, 0.15) is 52.4 Å². The van der Waals surface area contributed by atoms with E-state index in [1.165, 1.54) is 19.4 Å². The number of carbonyl (C=O) groups is 3. The molecule has 1 saturated heterocycles. The molecule has 1 aromatic heterocycles. The molecule has 3 aromatic rings. The normalized spacial score (nSPS) is 13.9. The summed E-state index contributed by atoms with van der Waals surface area (Å²) < 4.78 is 30.4. The van der Waals surface area contributed by atoms with E-state index in [4.69, 9.17) is 11.6 Å². The number of nitrogens with zero attached hydrogens (tertiary/aromatic N) is 3. The number of amides is 2. The van der Waals surface area contributed by atoms with Crippen LogP contribution in [0.15, 0.2) is 59.6 Å². The van der Waals surface area contributed by atoms with Gasteiger partial charge in [-0.1, -0.05) is 30.2 Å². The monoisotopic (exact) mass is 713 g/mol. The number of aromatic nitrogens is 2. The second-order valence-corrected chi connectivity index (χ2v) is 15.0. The molecule has 49 heavy (non-hydrogen) atoms. The number of rotatable bonds is 16. The van der Waals surface area contributed by atoms with Crippen LogP contribution in [0.2, 0.25) is 5.02 Å². The van der Waals surface area contributed by atoms with Gasteiger partial charge in [-0.25, -0.2) is 13.4 Å². The molecule has 0 spiro atoms. The number of benzene rings is 2. The van der Waals surface area contributed by atoms with Gasteiger partial charge in [-0.3, -0.25) is 19.3 Å².